The highest BCUT2D eigenvalue weighted by Crippen LogP contribution is 2.02. The van der Waals surface area contributed by atoms with E-state index in [0.717, 1.165) is 6.54 Å². The van der Waals surface area contributed by atoms with E-state index in [9.17, 15) is 0 Å². The van der Waals surface area contributed by atoms with Gasteiger partial charge in [0.2, 0.25) is 0 Å². The molecule has 0 aromatic rings. The minimum atomic E-state index is 0.690. The molecule has 2 heteroatoms. The molecule has 0 heterocycles. The molecule has 0 aliphatic carbocycles. The van der Waals surface area contributed by atoms with Crippen molar-refractivity contribution in [1.29, 1.82) is 0 Å². The number of hydrogen-bond donors (Lipinski definition) is 0. The lowest BCUT2D eigenvalue weighted by atomic mass is 10.2. The van der Waals surface area contributed by atoms with Gasteiger partial charge >= 0.3 is 0 Å². The third-order valence-corrected chi connectivity index (χ3v) is 3.31. The number of nitrogens with zero attached hydrogens (tertiary/aromatic N) is 2. The van der Waals surface area contributed by atoms with Gasteiger partial charge < -0.3 is 4.90 Å². The van der Waals surface area contributed by atoms with Crippen LogP contribution >= 0.6 is 0 Å². The molecule has 0 saturated carbocycles. The fourth-order valence-electron chi connectivity index (χ4n) is 2.61. The van der Waals surface area contributed by atoms with Crippen LogP contribution in [0.1, 0.15) is 74.7 Å². The Balaban J connectivity index is 0. The summed E-state index contributed by atoms with van der Waals surface area (Å²) in [6.07, 6.45) is 3.88. The molecule has 0 fully saturated rings. The number of rotatable bonds is 9. The van der Waals surface area contributed by atoms with E-state index in [-0.39, 0.29) is 0 Å². The Labute approximate surface area is 123 Å². The summed E-state index contributed by atoms with van der Waals surface area (Å²) in [7, 11) is 0. The van der Waals surface area contributed by atoms with Crippen LogP contribution in [-0.2, 0) is 0 Å². The Morgan fingerprint density at radius 1 is 0.632 bits per heavy atom. The Bertz CT molecular complexity index is 144. The van der Waals surface area contributed by atoms with Crippen molar-refractivity contribution < 1.29 is 0 Å². The molecule has 0 spiro atoms. The molecule has 19 heavy (non-hydrogen) atoms. The fraction of sp³-hybridized carbons (Fsp3) is 1.00. The zero-order chi connectivity index (χ0) is 15.3. The van der Waals surface area contributed by atoms with Crippen LogP contribution in [0.25, 0.3) is 0 Å². The molecule has 0 aliphatic heterocycles. The van der Waals surface area contributed by atoms with Crippen molar-refractivity contribution in [2.75, 3.05) is 26.2 Å². The van der Waals surface area contributed by atoms with Crippen LogP contribution in [0, 0.1) is 0 Å². The third kappa shape index (κ3) is 12.7. The Hall–Kier alpha value is -0.0800. The van der Waals surface area contributed by atoms with Gasteiger partial charge in [-0.25, -0.2) is 0 Å². The lowest BCUT2D eigenvalue weighted by molar-refractivity contribution is 0.185. The highest BCUT2D eigenvalue weighted by Gasteiger charge is 2.08. The van der Waals surface area contributed by atoms with Gasteiger partial charge in [-0.05, 0) is 73.1 Å². The van der Waals surface area contributed by atoms with Gasteiger partial charge in [0.25, 0.3) is 0 Å². The van der Waals surface area contributed by atoms with Gasteiger partial charge in [0.15, 0.2) is 0 Å². The molecule has 0 unspecified atom stereocenters. The lowest BCUT2D eigenvalue weighted by Crippen LogP contribution is -2.36. The lowest BCUT2D eigenvalue weighted by Gasteiger charge is -2.28. The second-order valence-electron chi connectivity index (χ2n) is 5.86. The molecule has 0 aromatic carbocycles. The maximum Gasteiger partial charge on any atom is 0.00411 e. The van der Waals surface area contributed by atoms with E-state index < -0.39 is 0 Å². The second kappa shape index (κ2) is 14.3. The van der Waals surface area contributed by atoms with Crippen molar-refractivity contribution in [2.45, 2.75) is 86.7 Å². The second-order valence-corrected chi connectivity index (χ2v) is 5.86. The van der Waals surface area contributed by atoms with Crippen LogP contribution < -0.4 is 0 Å². The summed E-state index contributed by atoms with van der Waals surface area (Å²) >= 11 is 0. The standard InChI is InChI=1S/C9H21N.C8H19N/c1-4-7-10(8-5-2)9-6-3;1-6-9(7(2)3)8(4)5/h4-9H2,1-3H3;7-8H,6H2,1-5H3. The first-order chi connectivity index (χ1) is 8.94. The van der Waals surface area contributed by atoms with E-state index in [1.165, 1.54) is 38.9 Å². The Morgan fingerprint density at radius 2 is 0.947 bits per heavy atom. The summed E-state index contributed by atoms with van der Waals surface area (Å²) in [5.41, 5.74) is 0. The summed E-state index contributed by atoms with van der Waals surface area (Å²) in [6.45, 7) is 22.9. The normalized spacial score (nSPS) is 11.4. The Kier molecular flexibility index (Phi) is 16.0. The summed E-state index contributed by atoms with van der Waals surface area (Å²) < 4.78 is 0. The molecule has 0 amide bonds. The SMILES string of the molecule is CCCN(CCC)CCC.CCN(C(C)C)C(C)C. The van der Waals surface area contributed by atoms with Crippen molar-refractivity contribution >= 4 is 0 Å². The predicted octanol–water partition coefficient (Wildman–Crippen LogP) is 4.64. The van der Waals surface area contributed by atoms with Gasteiger partial charge in [-0.1, -0.05) is 27.7 Å². The topological polar surface area (TPSA) is 6.48 Å². The fourth-order valence-corrected chi connectivity index (χ4v) is 2.61. The summed E-state index contributed by atoms with van der Waals surface area (Å²) in [5, 5.41) is 0. The third-order valence-electron chi connectivity index (χ3n) is 3.31. The molecule has 0 rings (SSSR count). The van der Waals surface area contributed by atoms with Gasteiger partial charge in [0.05, 0.1) is 0 Å². The van der Waals surface area contributed by atoms with Crippen molar-refractivity contribution in [3.05, 3.63) is 0 Å². The highest BCUT2D eigenvalue weighted by atomic mass is 15.2. The van der Waals surface area contributed by atoms with Gasteiger partial charge in [0, 0.05) is 12.1 Å². The van der Waals surface area contributed by atoms with Crippen LogP contribution in [0.15, 0.2) is 0 Å². The van der Waals surface area contributed by atoms with E-state index >= 15 is 0 Å². The van der Waals surface area contributed by atoms with E-state index in [1.54, 1.807) is 0 Å². The minimum Gasteiger partial charge on any atom is -0.303 e. The molecule has 0 aromatic heterocycles. The summed E-state index contributed by atoms with van der Waals surface area (Å²) in [4.78, 5) is 5.00. The number of hydrogen-bond acceptors (Lipinski definition) is 2. The van der Waals surface area contributed by atoms with Gasteiger partial charge in [-0.2, -0.15) is 0 Å². The summed E-state index contributed by atoms with van der Waals surface area (Å²) in [5.74, 6) is 0. The summed E-state index contributed by atoms with van der Waals surface area (Å²) in [6, 6.07) is 1.38. The molecule has 0 saturated heterocycles. The van der Waals surface area contributed by atoms with E-state index in [4.69, 9.17) is 0 Å². The van der Waals surface area contributed by atoms with Crippen LogP contribution in [0.2, 0.25) is 0 Å². The molecule has 0 radical (unpaired) electrons. The van der Waals surface area contributed by atoms with Gasteiger partial charge in [-0.3, -0.25) is 4.90 Å². The molecule has 2 nitrogen and oxygen atoms in total. The maximum atomic E-state index is 2.54. The average molecular weight is 273 g/mol. The van der Waals surface area contributed by atoms with Crippen LogP contribution in [0.5, 0.6) is 0 Å². The van der Waals surface area contributed by atoms with E-state index in [0.29, 0.717) is 12.1 Å². The van der Waals surface area contributed by atoms with E-state index in [2.05, 4.69) is 65.2 Å². The van der Waals surface area contributed by atoms with Crippen molar-refractivity contribution in [3.8, 4) is 0 Å². The van der Waals surface area contributed by atoms with Crippen LogP contribution in [-0.4, -0.2) is 48.1 Å². The van der Waals surface area contributed by atoms with E-state index in [1.807, 2.05) is 0 Å². The molecule has 0 N–H and O–H groups in total. The van der Waals surface area contributed by atoms with Crippen LogP contribution in [0.3, 0.4) is 0 Å². The zero-order valence-corrected chi connectivity index (χ0v) is 15.0. The molecule has 0 bridgehead atoms. The molecule has 0 atom stereocenters. The quantitative estimate of drug-likeness (QED) is 0.603. The molecular formula is C17H40N2. The molecular weight excluding hydrogens is 232 g/mol. The first kappa shape index (κ1) is 21.2. The molecule has 118 valence electrons. The van der Waals surface area contributed by atoms with Crippen LogP contribution in [0.4, 0.5) is 0 Å². The monoisotopic (exact) mass is 272 g/mol. The molecule has 0 aliphatic rings. The Morgan fingerprint density at radius 3 is 1.05 bits per heavy atom. The largest absolute Gasteiger partial charge is 0.303 e. The average Bonchev–Trinajstić information content (AvgIpc) is 2.30. The van der Waals surface area contributed by atoms with Gasteiger partial charge in [0.1, 0.15) is 0 Å². The van der Waals surface area contributed by atoms with Crippen molar-refractivity contribution in [2.24, 2.45) is 0 Å². The van der Waals surface area contributed by atoms with Gasteiger partial charge in [-0.15, -0.1) is 0 Å². The minimum absolute atomic E-state index is 0.690. The smallest absolute Gasteiger partial charge is 0.00411 e. The first-order valence-electron chi connectivity index (χ1n) is 8.42. The predicted molar refractivity (Wildman–Crippen MR) is 90.0 cm³/mol. The van der Waals surface area contributed by atoms with Crippen molar-refractivity contribution in [3.63, 3.8) is 0 Å². The highest BCUT2D eigenvalue weighted by molar-refractivity contribution is 4.64. The van der Waals surface area contributed by atoms with Crippen molar-refractivity contribution in [1.82, 2.24) is 9.80 Å². The first-order valence-corrected chi connectivity index (χ1v) is 8.42. The maximum absolute atomic E-state index is 2.54. The zero-order valence-electron chi connectivity index (χ0n) is 15.0.